The minimum absolute atomic E-state index is 0.108. The number of aliphatic hydroxyl groups is 1. The lowest BCUT2D eigenvalue weighted by atomic mass is 9.73. The van der Waals surface area contributed by atoms with E-state index >= 15 is 0 Å². The van der Waals surface area contributed by atoms with Crippen molar-refractivity contribution in [2.75, 3.05) is 19.8 Å². The Hall–Kier alpha value is -0.910. The Balaban J connectivity index is 2.39. The summed E-state index contributed by atoms with van der Waals surface area (Å²) in [6.07, 6.45) is 3.12. The van der Waals surface area contributed by atoms with Gasteiger partial charge in [0.25, 0.3) is 0 Å². The van der Waals surface area contributed by atoms with Crippen LogP contribution in [0.4, 0.5) is 0 Å². The number of nitrogens with zero attached hydrogens (tertiary/aromatic N) is 2. The Morgan fingerprint density at radius 3 is 2.75 bits per heavy atom. The number of aromatic nitrogens is 2. The van der Waals surface area contributed by atoms with Gasteiger partial charge in [-0.3, -0.25) is 4.68 Å². The van der Waals surface area contributed by atoms with Crippen molar-refractivity contribution in [2.45, 2.75) is 45.1 Å². The lowest BCUT2D eigenvalue weighted by molar-refractivity contribution is -0.0787. The third kappa shape index (κ3) is 2.75. The van der Waals surface area contributed by atoms with Crippen LogP contribution >= 0.6 is 0 Å². The Morgan fingerprint density at radius 2 is 2.25 bits per heavy atom. The standard InChI is InChI=1S/C15H27N3O2/c1-14(2,3)12-11(8-18(4)17-12)13(19)15(9-16)6-5-7-20-10-15/h8,13,19H,5-7,9-10,16H2,1-4H3. The van der Waals surface area contributed by atoms with Crippen LogP contribution in [0.3, 0.4) is 0 Å². The zero-order chi connectivity index (χ0) is 15.0. The van der Waals surface area contributed by atoms with Crippen LogP contribution in [-0.4, -0.2) is 34.6 Å². The lowest BCUT2D eigenvalue weighted by Gasteiger charge is -2.40. The van der Waals surface area contributed by atoms with Crippen LogP contribution in [0.25, 0.3) is 0 Å². The van der Waals surface area contributed by atoms with Crippen molar-refractivity contribution >= 4 is 0 Å². The molecule has 114 valence electrons. The molecule has 2 atom stereocenters. The molecule has 0 aliphatic carbocycles. The van der Waals surface area contributed by atoms with Crippen LogP contribution in [0, 0.1) is 5.41 Å². The molecule has 0 bridgehead atoms. The Kier molecular flexibility index (Phi) is 4.23. The van der Waals surface area contributed by atoms with Gasteiger partial charge in [0.05, 0.1) is 18.4 Å². The average Bonchev–Trinajstić information content (AvgIpc) is 2.80. The molecule has 2 rings (SSSR count). The van der Waals surface area contributed by atoms with Gasteiger partial charge in [0, 0.05) is 42.8 Å². The highest BCUT2D eigenvalue weighted by molar-refractivity contribution is 5.28. The fourth-order valence-electron chi connectivity index (χ4n) is 2.98. The van der Waals surface area contributed by atoms with Crippen molar-refractivity contribution in [3.63, 3.8) is 0 Å². The monoisotopic (exact) mass is 281 g/mol. The first-order valence-electron chi connectivity index (χ1n) is 7.30. The normalized spacial score (nSPS) is 25.7. The number of nitrogens with two attached hydrogens (primary N) is 1. The van der Waals surface area contributed by atoms with Gasteiger partial charge >= 0.3 is 0 Å². The summed E-state index contributed by atoms with van der Waals surface area (Å²) in [5.41, 5.74) is 7.30. The number of hydrogen-bond acceptors (Lipinski definition) is 4. The van der Waals surface area contributed by atoms with E-state index in [0.717, 1.165) is 30.7 Å². The van der Waals surface area contributed by atoms with Crippen LogP contribution in [0.2, 0.25) is 0 Å². The van der Waals surface area contributed by atoms with Gasteiger partial charge in [0.2, 0.25) is 0 Å². The second-order valence-electron chi connectivity index (χ2n) is 6.98. The first-order chi connectivity index (χ1) is 9.30. The molecule has 1 aromatic heterocycles. The first-order valence-corrected chi connectivity index (χ1v) is 7.30. The van der Waals surface area contributed by atoms with Crippen molar-refractivity contribution in [1.82, 2.24) is 9.78 Å². The number of rotatable bonds is 3. The second-order valence-corrected chi connectivity index (χ2v) is 6.98. The number of aliphatic hydroxyl groups excluding tert-OH is 1. The Bertz CT molecular complexity index is 456. The summed E-state index contributed by atoms with van der Waals surface area (Å²) < 4.78 is 7.35. The molecule has 0 spiro atoms. The molecule has 5 nitrogen and oxygen atoms in total. The van der Waals surface area contributed by atoms with E-state index in [1.54, 1.807) is 4.68 Å². The highest BCUT2D eigenvalue weighted by Crippen LogP contribution is 2.42. The van der Waals surface area contributed by atoms with Crippen LogP contribution in [0.5, 0.6) is 0 Å². The van der Waals surface area contributed by atoms with Crippen LogP contribution < -0.4 is 5.73 Å². The summed E-state index contributed by atoms with van der Waals surface area (Å²) in [7, 11) is 1.89. The first kappa shape index (κ1) is 15.5. The van der Waals surface area contributed by atoms with Crippen molar-refractivity contribution in [3.05, 3.63) is 17.5 Å². The molecule has 0 amide bonds. The zero-order valence-corrected chi connectivity index (χ0v) is 13.0. The van der Waals surface area contributed by atoms with Gasteiger partial charge in [-0.15, -0.1) is 0 Å². The van der Waals surface area contributed by atoms with E-state index in [4.69, 9.17) is 10.5 Å². The smallest absolute Gasteiger partial charge is 0.0913 e. The van der Waals surface area contributed by atoms with Gasteiger partial charge in [-0.25, -0.2) is 0 Å². The molecule has 1 aromatic rings. The van der Waals surface area contributed by atoms with E-state index in [1.807, 2.05) is 13.2 Å². The average molecular weight is 281 g/mol. The predicted octanol–water partition coefficient (Wildman–Crippen LogP) is 1.51. The van der Waals surface area contributed by atoms with E-state index in [2.05, 4.69) is 25.9 Å². The fourth-order valence-corrected chi connectivity index (χ4v) is 2.98. The molecule has 2 heterocycles. The summed E-state index contributed by atoms with van der Waals surface area (Å²) in [6, 6.07) is 0. The van der Waals surface area contributed by atoms with Gasteiger partial charge in [-0.1, -0.05) is 20.8 Å². The minimum Gasteiger partial charge on any atom is -0.388 e. The van der Waals surface area contributed by atoms with Crippen LogP contribution in [0.15, 0.2) is 6.20 Å². The Labute approximate surface area is 121 Å². The quantitative estimate of drug-likeness (QED) is 0.880. The highest BCUT2D eigenvalue weighted by Gasteiger charge is 2.42. The summed E-state index contributed by atoms with van der Waals surface area (Å²) in [4.78, 5) is 0. The molecule has 5 heteroatoms. The van der Waals surface area contributed by atoms with Gasteiger partial charge in [0.15, 0.2) is 0 Å². The van der Waals surface area contributed by atoms with Gasteiger partial charge in [-0.05, 0) is 12.8 Å². The van der Waals surface area contributed by atoms with E-state index in [1.165, 1.54) is 0 Å². The maximum absolute atomic E-state index is 10.9. The van der Waals surface area contributed by atoms with Crippen molar-refractivity contribution < 1.29 is 9.84 Å². The third-order valence-corrected chi connectivity index (χ3v) is 4.20. The molecule has 3 N–H and O–H groups in total. The molecule has 1 fully saturated rings. The summed E-state index contributed by atoms with van der Waals surface area (Å²) >= 11 is 0. The summed E-state index contributed by atoms with van der Waals surface area (Å²) in [6.45, 7) is 8.03. The molecule has 0 aromatic carbocycles. The maximum atomic E-state index is 10.9. The molecule has 20 heavy (non-hydrogen) atoms. The molecular formula is C15H27N3O2. The maximum Gasteiger partial charge on any atom is 0.0913 e. The topological polar surface area (TPSA) is 73.3 Å². The fraction of sp³-hybridized carbons (Fsp3) is 0.800. The SMILES string of the molecule is Cn1cc(C(O)C2(CN)CCCOC2)c(C(C)(C)C)n1. The van der Waals surface area contributed by atoms with Crippen LogP contribution in [0.1, 0.15) is 51.0 Å². The van der Waals surface area contributed by atoms with Gasteiger partial charge in [-0.2, -0.15) is 5.10 Å². The molecule has 1 aliphatic heterocycles. The number of hydrogen-bond donors (Lipinski definition) is 2. The van der Waals surface area contributed by atoms with E-state index in [-0.39, 0.29) is 10.8 Å². The largest absolute Gasteiger partial charge is 0.388 e. The molecule has 0 radical (unpaired) electrons. The van der Waals surface area contributed by atoms with E-state index in [0.29, 0.717) is 13.2 Å². The third-order valence-electron chi connectivity index (χ3n) is 4.20. The van der Waals surface area contributed by atoms with E-state index in [9.17, 15) is 5.11 Å². The predicted molar refractivity (Wildman–Crippen MR) is 78.4 cm³/mol. The minimum atomic E-state index is -0.629. The van der Waals surface area contributed by atoms with E-state index < -0.39 is 6.10 Å². The Morgan fingerprint density at radius 1 is 1.55 bits per heavy atom. The molecular weight excluding hydrogens is 254 g/mol. The number of aryl methyl sites for hydroxylation is 1. The van der Waals surface area contributed by atoms with Crippen LogP contribution in [-0.2, 0) is 17.2 Å². The molecule has 0 saturated carbocycles. The lowest BCUT2D eigenvalue weighted by Crippen LogP contribution is -2.44. The van der Waals surface area contributed by atoms with Gasteiger partial charge < -0.3 is 15.6 Å². The van der Waals surface area contributed by atoms with Gasteiger partial charge in [0.1, 0.15) is 0 Å². The molecule has 1 aliphatic rings. The molecule has 2 unspecified atom stereocenters. The highest BCUT2D eigenvalue weighted by atomic mass is 16.5. The van der Waals surface area contributed by atoms with Crippen molar-refractivity contribution in [2.24, 2.45) is 18.2 Å². The second kappa shape index (κ2) is 5.47. The van der Waals surface area contributed by atoms with Crippen molar-refractivity contribution in [3.8, 4) is 0 Å². The molecule has 1 saturated heterocycles. The zero-order valence-electron chi connectivity index (χ0n) is 13.0. The van der Waals surface area contributed by atoms with Crippen molar-refractivity contribution in [1.29, 1.82) is 0 Å². The summed E-state index contributed by atoms with van der Waals surface area (Å²) in [5.74, 6) is 0. The summed E-state index contributed by atoms with van der Waals surface area (Å²) in [5, 5.41) is 15.5. The number of ether oxygens (including phenoxy) is 1.